The number of allylic oxidation sites excluding steroid dienone is 1. The molecule has 0 saturated heterocycles. The predicted octanol–water partition coefficient (Wildman–Crippen LogP) is 6.33. The molecule has 1 aromatic rings. The second-order valence-corrected chi connectivity index (χ2v) is 7.39. The molecule has 2 aliphatic carbocycles. The van der Waals surface area contributed by atoms with E-state index in [4.69, 9.17) is 58.0 Å². The third-order valence-electron chi connectivity index (χ3n) is 4.11. The van der Waals surface area contributed by atoms with Crippen molar-refractivity contribution in [1.82, 2.24) is 5.32 Å². The fourth-order valence-corrected chi connectivity index (χ4v) is 4.39. The van der Waals surface area contributed by atoms with E-state index in [0.29, 0.717) is 11.3 Å². The number of ketones is 1. The molecule has 0 bridgehead atoms. The lowest BCUT2D eigenvalue weighted by molar-refractivity contribution is 0.102. The van der Waals surface area contributed by atoms with Gasteiger partial charge >= 0.3 is 0 Å². The number of nitrogens with one attached hydrogen (secondary N) is 1. The number of rotatable bonds is 2. The van der Waals surface area contributed by atoms with Crippen LogP contribution >= 0.6 is 58.0 Å². The number of benzene rings is 1. The molecule has 0 atom stereocenters. The highest BCUT2D eigenvalue weighted by Gasteiger charge is 2.36. The number of Topliss-reactive ketones (excluding diaryl/α,β-unsaturated/α-hetero) is 1. The minimum atomic E-state index is -0.281. The minimum absolute atomic E-state index is 0.0730. The number of carbonyl (C=O) groups excluding carboxylic acids is 1. The average molecular weight is 400 g/mol. The molecular weight excluding hydrogens is 387 g/mol. The van der Waals surface area contributed by atoms with Gasteiger partial charge in [0.05, 0.1) is 30.7 Å². The maximum atomic E-state index is 12.7. The Bertz CT molecular complexity index is 692. The van der Waals surface area contributed by atoms with Crippen LogP contribution in [0.15, 0.2) is 5.70 Å². The molecule has 22 heavy (non-hydrogen) atoms. The lowest BCUT2D eigenvalue weighted by Gasteiger charge is -2.24. The highest BCUT2D eigenvalue weighted by molar-refractivity contribution is 6.60. The number of hydrogen-bond acceptors (Lipinski definition) is 2. The van der Waals surface area contributed by atoms with Crippen LogP contribution in [0.3, 0.4) is 0 Å². The van der Waals surface area contributed by atoms with Crippen LogP contribution in [0.2, 0.25) is 20.1 Å². The van der Waals surface area contributed by atoms with Crippen molar-refractivity contribution >= 4 is 68.8 Å². The second-order valence-electron chi connectivity index (χ2n) is 5.50. The Kier molecular flexibility index (Phi) is 4.87. The second kappa shape index (κ2) is 6.41. The van der Waals surface area contributed by atoms with E-state index in [1.54, 1.807) is 0 Å². The Morgan fingerprint density at radius 1 is 0.773 bits per heavy atom. The smallest absolute Gasteiger partial charge is 0.212 e. The molecule has 1 saturated carbocycles. The Balaban J connectivity index is 2.04. The van der Waals surface area contributed by atoms with Gasteiger partial charge in [-0.25, -0.2) is 0 Å². The van der Waals surface area contributed by atoms with E-state index in [0.717, 1.165) is 25.7 Å². The van der Waals surface area contributed by atoms with Gasteiger partial charge in [0.15, 0.2) is 0 Å². The normalized spacial score (nSPS) is 18.9. The third-order valence-corrected chi connectivity index (χ3v) is 6.29. The number of hydrogen-bond donors (Lipinski definition) is 1. The van der Waals surface area contributed by atoms with Gasteiger partial charge in [-0.1, -0.05) is 77.3 Å². The molecule has 3 rings (SSSR count). The Morgan fingerprint density at radius 3 is 1.91 bits per heavy atom. The van der Waals surface area contributed by atoms with Gasteiger partial charge in [-0.3, -0.25) is 4.79 Å². The van der Waals surface area contributed by atoms with Crippen molar-refractivity contribution < 1.29 is 4.79 Å². The molecule has 0 heterocycles. The van der Waals surface area contributed by atoms with Crippen LogP contribution in [0.4, 0.5) is 0 Å². The van der Waals surface area contributed by atoms with Gasteiger partial charge in [0.2, 0.25) is 5.78 Å². The molecule has 1 N–H and O–H groups in total. The predicted molar refractivity (Wildman–Crippen MR) is 93.6 cm³/mol. The van der Waals surface area contributed by atoms with Crippen molar-refractivity contribution in [1.29, 1.82) is 0 Å². The lowest BCUT2D eigenvalue weighted by atomic mass is 9.95. The number of halogens is 5. The first-order chi connectivity index (χ1) is 10.4. The zero-order chi connectivity index (χ0) is 16.0. The first kappa shape index (κ1) is 16.7. The minimum Gasteiger partial charge on any atom is -0.378 e. The lowest BCUT2D eigenvalue weighted by Crippen LogP contribution is -2.32. The maximum absolute atomic E-state index is 12.7. The number of fused-ring (bicyclic) bond motifs is 1. The summed E-state index contributed by atoms with van der Waals surface area (Å²) in [6.45, 7) is 0. The summed E-state index contributed by atoms with van der Waals surface area (Å²) in [4.78, 5) is 12.7. The summed E-state index contributed by atoms with van der Waals surface area (Å²) in [5.41, 5.74) is 0.932. The summed E-state index contributed by atoms with van der Waals surface area (Å²) >= 11 is 30.9. The zero-order valence-corrected chi connectivity index (χ0v) is 15.2. The van der Waals surface area contributed by atoms with Gasteiger partial charge in [-0.05, 0) is 12.8 Å². The fraction of sp³-hybridized carbons (Fsp3) is 0.400. The van der Waals surface area contributed by atoms with Gasteiger partial charge in [0.1, 0.15) is 5.70 Å². The summed E-state index contributed by atoms with van der Waals surface area (Å²) < 4.78 is 0. The van der Waals surface area contributed by atoms with Crippen LogP contribution in [0, 0.1) is 0 Å². The summed E-state index contributed by atoms with van der Waals surface area (Å²) in [5.74, 6) is -0.281. The van der Waals surface area contributed by atoms with Gasteiger partial charge in [0, 0.05) is 11.6 Å². The monoisotopic (exact) mass is 397 g/mol. The molecule has 2 aliphatic rings. The van der Waals surface area contributed by atoms with E-state index < -0.39 is 0 Å². The molecule has 0 spiro atoms. The molecule has 0 amide bonds. The van der Waals surface area contributed by atoms with E-state index in [2.05, 4.69) is 5.32 Å². The molecule has 0 aromatic heterocycles. The van der Waals surface area contributed by atoms with Gasteiger partial charge in [0.25, 0.3) is 0 Å². The van der Waals surface area contributed by atoms with Crippen molar-refractivity contribution in [3.8, 4) is 0 Å². The molecule has 7 heteroatoms. The van der Waals surface area contributed by atoms with Crippen molar-refractivity contribution in [2.45, 2.75) is 38.1 Å². The zero-order valence-electron chi connectivity index (χ0n) is 11.4. The average Bonchev–Trinajstić information content (AvgIpc) is 2.76. The van der Waals surface area contributed by atoms with Crippen molar-refractivity contribution in [2.24, 2.45) is 0 Å². The molecular formula is C15H12Cl5NO. The third kappa shape index (κ3) is 2.63. The van der Waals surface area contributed by atoms with Gasteiger partial charge in [-0.2, -0.15) is 0 Å². The van der Waals surface area contributed by atoms with Crippen LogP contribution in [-0.2, 0) is 0 Å². The van der Waals surface area contributed by atoms with Crippen LogP contribution in [-0.4, -0.2) is 11.8 Å². The van der Waals surface area contributed by atoms with E-state index in [9.17, 15) is 4.79 Å². The highest BCUT2D eigenvalue weighted by atomic mass is 35.5. The van der Waals surface area contributed by atoms with Crippen LogP contribution in [0.5, 0.6) is 0 Å². The Morgan fingerprint density at radius 2 is 1.32 bits per heavy atom. The first-order valence-electron chi connectivity index (χ1n) is 7.00. The Labute approximate surface area is 153 Å². The standard InChI is InChI=1S/C15H12Cl5NO/c16-9-7-8(10(17)13(20)12(9)19)15(22)14(11(7)18)21-6-4-2-1-3-5-6/h6H,1-5H2,(H,21,22). The van der Waals surface area contributed by atoms with Crippen LogP contribution < -0.4 is 5.32 Å². The number of carbonyl (C=O) groups is 1. The van der Waals surface area contributed by atoms with Crippen LogP contribution in [0.1, 0.15) is 48.0 Å². The van der Waals surface area contributed by atoms with Crippen molar-refractivity contribution in [3.63, 3.8) is 0 Å². The molecule has 0 aliphatic heterocycles. The Hall–Kier alpha value is -0.120. The SMILES string of the molecule is O=C1C(NC2CCCCC2)=C(Cl)c2c(Cl)c(Cl)c(Cl)c(Cl)c21. The summed E-state index contributed by atoms with van der Waals surface area (Å²) in [5, 5.41) is 3.94. The molecule has 1 fully saturated rings. The van der Waals surface area contributed by atoms with E-state index in [-0.39, 0.29) is 42.5 Å². The topological polar surface area (TPSA) is 29.1 Å². The van der Waals surface area contributed by atoms with E-state index >= 15 is 0 Å². The molecule has 0 radical (unpaired) electrons. The van der Waals surface area contributed by atoms with Gasteiger partial charge in [-0.15, -0.1) is 0 Å². The molecule has 2 nitrogen and oxygen atoms in total. The quantitative estimate of drug-likeness (QED) is 0.465. The van der Waals surface area contributed by atoms with E-state index in [1.165, 1.54) is 6.42 Å². The molecule has 1 aromatic carbocycles. The summed E-state index contributed by atoms with van der Waals surface area (Å²) in [7, 11) is 0. The molecule has 0 unspecified atom stereocenters. The summed E-state index contributed by atoms with van der Waals surface area (Å²) in [6.07, 6.45) is 5.54. The fourth-order valence-electron chi connectivity index (χ4n) is 2.98. The maximum Gasteiger partial charge on any atom is 0.212 e. The highest BCUT2D eigenvalue weighted by Crippen LogP contribution is 2.49. The van der Waals surface area contributed by atoms with Gasteiger partial charge < -0.3 is 5.32 Å². The molecule has 118 valence electrons. The summed E-state index contributed by atoms with van der Waals surface area (Å²) in [6, 6.07) is 0.235. The van der Waals surface area contributed by atoms with E-state index in [1.807, 2.05) is 0 Å². The van der Waals surface area contributed by atoms with Crippen LogP contribution in [0.25, 0.3) is 5.03 Å². The first-order valence-corrected chi connectivity index (χ1v) is 8.89. The van der Waals surface area contributed by atoms with Crippen molar-refractivity contribution in [2.75, 3.05) is 0 Å². The van der Waals surface area contributed by atoms with Crippen molar-refractivity contribution in [3.05, 3.63) is 36.9 Å². The largest absolute Gasteiger partial charge is 0.378 e.